The Hall–Kier alpha value is -0.530. The highest BCUT2D eigenvalue weighted by Gasteiger charge is 2.40. The maximum Gasteiger partial charge on any atom is 0.0409 e. The summed E-state index contributed by atoms with van der Waals surface area (Å²) >= 11 is 6.24. The Bertz CT molecular complexity index is 508. The lowest BCUT2D eigenvalue weighted by Gasteiger charge is -2.36. The zero-order valence-electron chi connectivity index (χ0n) is 13.6. The third kappa shape index (κ3) is 3.14. The minimum atomic E-state index is 0.284. The van der Waals surface area contributed by atoms with E-state index in [0.717, 1.165) is 17.4 Å². The summed E-state index contributed by atoms with van der Waals surface area (Å²) in [5.41, 5.74) is 3.20. The van der Waals surface area contributed by atoms with Gasteiger partial charge in [-0.05, 0) is 53.9 Å². The van der Waals surface area contributed by atoms with Gasteiger partial charge in [0.15, 0.2) is 0 Å². The van der Waals surface area contributed by atoms with Gasteiger partial charge in [0.05, 0.1) is 0 Å². The third-order valence-corrected chi connectivity index (χ3v) is 5.84. The largest absolute Gasteiger partial charge is 0.307 e. The van der Waals surface area contributed by atoms with E-state index in [4.69, 9.17) is 11.6 Å². The standard InChI is InChI=1S/C19H28ClN/c1-4-13-6-5-7-16(10-13)21-18-17-11-15(20)9-8-14(17)12-19(18,2)3/h8-9,11,13,16,18,21H,4-7,10,12H2,1-3H3. The van der Waals surface area contributed by atoms with Gasteiger partial charge < -0.3 is 5.32 Å². The van der Waals surface area contributed by atoms with Crippen molar-refractivity contribution in [2.24, 2.45) is 11.3 Å². The third-order valence-electron chi connectivity index (χ3n) is 5.61. The van der Waals surface area contributed by atoms with Crippen LogP contribution in [0.3, 0.4) is 0 Å². The summed E-state index contributed by atoms with van der Waals surface area (Å²) in [4.78, 5) is 0. The maximum absolute atomic E-state index is 6.24. The van der Waals surface area contributed by atoms with Crippen LogP contribution in [-0.2, 0) is 6.42 Å². The summed E-state index contributed by atoms with van der Waals surface area (Å²) in [7, 11) is 0. The lowest BCUT2D eigenvalue weighted by molar-refractivity contribution is 0.201. The first-order valence-corrected chi connectivity index (χ1v) is 8.92. The van der Waals surface area contributed by atoms with Crippen LogP contribution < -0.4 is 5.32 Å². The Labute approximate surface area is 134 Å². The number of hydrogen-bond acceptors (Lipinski definition) is 1. The molecule has 0 amide bonds. The van der Waals surface area contributed by atoms with Crippen LogP contribution in [0.5, 0.6) is 0 Å². The van der Waals surface area contributed by atoms with E-state index in [1.54, 1.807) is 0 Å². The van der Waals surface area contributed by atoms with Crippen molar-refractivity contribution in [3.8, 4) is 0 Å². The number of benzene rings is 1. The van der Waals surface area contributed by atoms with E-state index in [-0.39, 0.29) is 5.41 Å². The molecule has 1 N–H and O–H groups in total. The molecule has 0 bridgehead atoms. The molecule has 1 aromatic rings. The Kier molecular flexibility index (Phi) is 4.34. The molecule has 1 saturated carbocycles. The summed E-state index contributed by atoms with van der Waals surface area (Å²) in [5.74, 6) is 0.916. The molecule has 1 nitrogen and oxygen atoms in total. The fourth-order valence-electron chi connectivity index (χ4n) is 4.37. The van der Waals surface area contributed by atoms with E-state index in [1.807, 2.05) is 6.07 Å². The molecule has 0 spiro atoms. The predicted molar refractivity (Wildman–Crippen MR) is 90.9 cm³/mol. The van der Waals surface area contributed by atoms with Crippen LogP contribution in [0.4, 0.5) is 0 Å². The number of rotatable bonds is 3. The highest BCUT2D eigenvalue weighted by atomic mass is 35.5. The van der Waals surface area contributed by atoms with Crippen molar-refractivity contribution < 1.29 is 0 Å². The van der Waals surface area contributed by atoms with Gasteiger partial charge in [-0.25, -0.2) is 0 Å². The number of halogens is 1. The normalized spacial score (nSPS) is 31.1. The van der Waals surface area contributed by atoms with E-state index < -0.39 is 0 Å². The summed E-state index contributed by atoms with van der Waals surface area (Å²) < 4.78 is 0. The van der Waals surface area contributed by atoms with E-state index in [1.165, 1.54) is 43.2 Å². The van der Waals surface area contributed by atoms with Gasteiger partial charge in [-0.15, -0.1) is 0 Å². The van der Waals surface area contributed by atoms with E-state index in [9.17, 15) is 0 Å². The molecule has 1 aromatic carbocycles. The van der Waals surface area contributed by atoms with Gasteiger partial charge in [0, 0.05) is 17.1 Å². The lowest BCUT2D eigenvalue weighted by Crippen LogP contribution is -2.41. The molecule has 3 atom stereocenters. The van der Waals surface area contributed by atoms with Crippen LogP contribution in [-0.4, -0.2) is 6.04 Å². The van der Waals surface area contributed by atoms with Gasteiger partial charge >= 0.3 is 0 Å². The van der Waals surface area contributed by atoms with Crippen molar-refractivity contribution in [1.82, 2.24) is 5.32 Å². The SMILES string of the molecule is CCC1CCCC(NC2c3cc(Cl)ccc3CC2(C)C)C1. The van der Waals surface area contributed by atoms with Gasteiger partial charge in [0.1, 0.15) is 0 Å². The second-order valence-electron chi connectivity index (χ2n) is 7.75. The summed E-state index contributed by atoms with van der Waals surface area (Å²) in [5, 5.41) is 4.87. The first-order valence-electron chi connectivity index (χ1n) is 8.54. The zero-order valence-corrected chi connectivity index (χ0v) is 14.3. The number of fused-ring (bicyclic) bond motifs is 1. The lowest BCUT2D eigenvalue weighted by atomic mass is 9.81. The molecule has 21 heavy (non-hydrogen) atoms. The van der Waals surface area contributed by atoms with Crippen molar-refractivity contribution in [3.63, 3.8) is 0 Å². The molecular weight excluding hydrogens is 278 g/mol. The summed E-state index contributed by atoms with van der Waals surface area (Å²) in [6.45, 7) is 7.11. The fraction of sp³-hybridized carbons (Fsp3) is 0.684. The Morgan fingerprint density at radius 1 is 1.29 bits per heavy atom. The molecule has 0 aliphatic heterocycles. The molecule has 2 heteroatoms. The second-order valence-corrected chi connectivity index (χ2v) is 8.18. The van der Waals surface area contributed by atoms with Crippen LogP contribution in [0.15, 0.2) is 18.2 Å². The van der Waals surface area contributed by atoms with Crippen molar-refractivity contribution in [2.75, 3.05) is 0 Å². The molecule has 0 aromatic heterocycles. The summed E-state index contributed by atoms with van der Waals surface area (Å²) in [6.07, 6.45) is 7.96. The maximum atomic E-state index is 6.24. The first-order chi connectivity index (χ1) is 9.99. The average molecular weight is 306 g/mol. The van der Waals surface area contributed by atoms with Crippen molar-refractivity contribution >= 4 is 11.6 Å². The molecule has 0 heterocycles. The van der Waals surface area contributed by atoms with E-state index in [0.29, 0.717) is 12.1 Å². The Morgan fingerprint density at radius 2 is 2.10 bits per heavy atom. The second kappa shape index (κ2) is 5.93. The zero-order chi connectivity index (χ0) is 15.0. The average Bonchev–Trinajstić information content (AvgIpc) is 2.70. The smallest absolute Gasteiger partial charge is 0.0409 e. The minimum absolute atomic E-state index is 0.284. The van der Waals surface area contributed by atoms with E-state index in [2.05, 4.69) is 38.2 Å². The molecule has 1 fully saturated rings. The van der Waals surface area contributed by atoms with Crippen molar-refractivity contribution in [1.29, 1.82) is 0 Å². The topological polar surface area (TPSA) is 12.0 Å². The van der Waals surface area contributed by atoms with Crippen LogP contribution in [0, 0.1) is 11.3 Å². The van der Waals surface area contributed by atoms with Crippen molar-refractivity contribution in [2.45, 2.75) is 71.4 Å². The molecule has 0 radical (unpaired) electrons. The Balaban J connectivity index is 1.79. The molecule has 2 aliphatic carbocycles. The van der Waals surface area contributed by atoms with Gasteiger partial charge in [-0.3, -0.25) is 0 Å². The first kappa shape index (κ1) is 15.4. The number of nitrogens with one attached hydrogen (secondary N) is 1. The molecule has 2 aliphatic rings. The fourth-order valence-corrected chi connectivity index (χ4v) is 4.55. The predicted octanol–water partition coefficient (Wildman–Crippen LogP) is 5.52. The Morgan fingerprint density at radius 3 is 2.86 bits per heavy atom. The van der Waals surface area contributed by atoms with Crippen LogP contribution in [0.1, 0.15) is 70.0 Å². The van der Waals surface area contributed by atoms with Crippen molar-refractivity contribution in [3.05, 3.63) is 34.3 Å². The molecular formula is C19H28ClN. The number of hydrogen-bond donors (Lipinski definition) is 1. The quantitative estimate of drug-likeness (QED) is 0.775. The molecule has 116 valence electrons. The van der Waals surface area contributed by atoms with Crippen LogP contribution >= 0.6 is 11.6 Å². The molecule has 3 unspecified atom stereocenters. The summed E-state index contributed by atoms with van der Waals surface area (Å²) in [6, 6.07) is 7.57. The van der Waals surface area contributed by atoms with Crippen LogP contribution in [0.25, 0.3) is 0 Å². The van der Waals surface area contributed by atoms with Gasteiger partial charge in [-0.1, -0.05) is 57.7 Å². The monoisotopic (exact) mass is 305 g/mol. The molecule has 0 saturated heterocycles. The van der Waals surface area contributed by atoms with Gasteiger partial charge in [0.2, 0.25) is 0 Å². The highest BCUT2D eigenvalue weighted by Crippen LogP contribution is 2.46. The highest BCUT2D eigenvalue weighted by molar-refractivity contribution is 6.30. The molecule has 3 rings (SSSR count). The minimum Gasteiger partial charge on any atom is -0.307 e. The van der Waals surface area contributed by atoms with Gasteiger partial charge in [0.25, 0.3) is 0 Å². The van der Waals surface area contributed by atoms with Gasteiger partial charge in [-0.2, -0.15) is 0 Å². The van der Waals surface area contributed by atoms with Crippen LogP contribution in [0.2, 0.25) is 5.02 Å². The van der Waals surface area contributed by atoms with E-state index >= 15 is 0 Å².